The number of carbonyl (C=O) groups is 1. The Hall–Kier alpha value is -8.35. The van der Waals surface area contributed by atoms with Gasteiger partial charge in [-0.1, -0.05) is 71.2 Å². The zero-order chi connectivity index (χ0) is 59.1. The number of halogens is 6. The van der Waals surface area contributed by atoms with Crippen LogP contribution in [0, 0.1) is 27.2 Å². The molecular weight excluding hydrogens is 1150 g/mol. The number of amides is 1. The number of aryl methyl sites for hydroxylation is 1. The summed E-state index contributed by atoms with van der Waals surface area (Å²) in [4.78, 5) is 59.3. The summed E-state index contributed by atoms with van der Waals surface area (Å²) in [6.07, 6.45) is -4.59. The van der Waals surface area contributed by atoms with Crippen LogP contribution in [0.25, 0.3) is 67.3 Å². The summed E-state index contributed by atoms with van der Waals surface area (Å²) in [5, 5.41) is 26.1. The Bertz CT molecular complexity index is 4020. The summed E-state index contributed by atoms with van der Waals surface area (Å²) in [6.45, 7) is 10.9. The number of aromatic nitrogens is 7. The van der Waals surface area contributed by atoms with Crippen molar-refractivity contribution in [3.8, 4) is 34.2 Å². The van der Waals surface area contributed by atoms with Gasteiger partial charge in [-0.15, -0.1) is 0 Å². The van der Waals surface area contributed by atoms with Crippen LogP contribution >= 0.6 is 34.8 Å². The van der Waals surface area contributed by atoms with Crippen LogP contribution in [-0.2, 0) is 28.7 Å². The van der Waals surface area contributed by atoms with Crippen LogP contribution in [0.3, 0.4) is 0 Å². The van der Waals surface area contributed by atoms with Crippen LogP contribution in [0.15, 0.2) is 140 Å². The van der Waals surface area contributed by atoms with Crippen molar-refractivity contribution in [3.63, 3.8) is 0 Å². The predicted molar refractivity (Wildman–Crippen MR) is 317 cm³/mol. The standard InChI is InChI=1S/C27H25ClF3N5O2.C19H19ClN4O3.C13H8ClN3O2/c1-17-19(7-9-24(32-17)27(29,30)31)26(37)33-18-6-8-21(28)20(16-18)25-34-22-4-2-3-5-23(22)36(25)11-10-35-12-14-38-15-13-35;20-16-6-5-14(24(25)26)13-15(16)19-21-17-3-1-2-4-18(17)23(19)8-7-22-9-11-27-12-10-22;14-10-6-5-8(17(18)19)7-9(10)13-15-11-3-1-2-4-12(11)16-13/h2-9,16H,10-15H2,1H3,(H,33,37);1-6,13H,7-12H2;1-7H,(H,15,16). The van der Waals surface area contributed by atoms with Crippen molar-refractivity contribution < 1.29 is 37.3 Å². The van der Waals surface area contributed by atoms with E-state index in [2.05, 4.69) is 39.2 Å². The van der Waals surface area contributed by atoms with Gasteiger partial charge in [0.05, 0.1) is 95.7 Å². The molecule has 2 aliphatic heterocycles. The van der Waals surface area contributed by atoms with Gasteiger partial charge in [0.2, 0.25) is 0 Å². The van der Waals surface area contributed by atoms with E-state index in [1.807, 2.05) is 72.8 Å². The first-order valence-electron chi connectivity index (χ1n) is 26.5. The second kappa shape index (κ2) is 26.1. The molecular formula is C59H52Cl3F3N12O7. The average molecular weight is 1200 g/mol. The number of ether oxygens (including phenoxy) is 2. The minimum Gasteiger partial charge on any atom is -0.379 e. The van der Waals surface area contributed by atoms with Crippen LogP contribution in [0.1, 0.15) is 21.7 Å². The number of nitrogens with zero attached hydrogens (tertiary/aromatic N) is 10. The van der Waals surface area contributed by atoms with E-state index in [4.69, 9.17) is 54.2 Å². The number of benzene rings is 6. The molecule has 0 saturated carbocycles. The number of fused-ring (bicyclic) bond motifs is 3. The molecule has 0 spiro atoms. The largest absolute Gasteiger partial charge is 0.433 e. The van der Waals surface area contributed by atoms with E-state index < -0.39 is 27.6 Å². The van der Waals surface area contributed by atoms with Crippen molar-refractivity contribution >= 4 is 90.9 Å². The van der Waals surface area contributed by atoms with Crippen molar-refractivity contribution in [2.24, 2.45) is 0 Å². The quantitative estimate of drug-likeness (QED) is 0.0812. The molecule has 1 amide bonds. The molecule has 2 fully saturated rings. The SMILES string of the molecule is Cc1nc(C(F)(F)F)ccc1C(=O)Nc1ccc(Cl)c(-c2nc3ccccc3n2CCN2CCOCC2)c1.O=[N+]([O-])c1ccc(Cl)c(-c2nc3ccccc3[nH]2)c1.O=[N+]([O-])c1ccc(Cl)c(-c2nc3ccccc3n2CCN2CCOCC2)c1. The second-order valence-electron chi connectivity index (χ2n) is 19.5. The van der Waals surface area contributed by atoms with Gasteiger partial charge in [-0.3, -0.25) is 34.8 Å². The van der Waals surface area contributed by atoms with E-state index in [-0.39, 0.29) is 22.6 Å². The number of nitro groups is 2. The molecule has 6 heterocycles. The second-order valence-corrected chi connectivity index (χ2v) is 20.7. The highest BCUT2D eigenvalue weighted by molar-refractivity contribution is 6.34. The lowest BCUT2D eigenvalue weighted by molar-refractivity contribution is -0.385. The number of hydrogen-bond donors (Lipinski definition) is 2. The van der Waals surface area contributed by atoms with Crippen LogP contribution in [-0.4, -0.2) is 125 Å². The van der Waals surface area contributed by atoms with Gasteiger partial charge in [0.1, 0.15) is 23.2 Å². The number of carbonyl (C=O) groups excluding carboxylic acids is 1. The molecule has 84 heavy (non-hydrogen) atoms. The third kappa shape index (κ3) is 13.7. The highest BCUT2D eigenvalue weighted by Gasteiger charge is 2.33. The maximum absolute atomic E-state index is 13.0. The highest BCUT2D eigenvalue weighted by atomic mass is 35.5. The Morgan fingerprint density at radius 2 is 1.07 bits per heavy atom. The number of H-pyrrole nitrogens is 1. The first-order valence-corrected chi connectivity index (χ1v) is 27.6. The molecule has 0 atom stereocenters. The van der Waals surface area contributed by atoms with Gasteiger partial charge in [0, 0.05) is 99.0 Å². The molecule has 2 saturated heterocycles. The number of imidazole rings is 3. The molecule has 0 bridgehead atoms. The molecule has 10 aromatic rings. The molecule has 0 aliphatic carbocycles. The Balaban J connectivity index is 0.000000149. The third-order valence-corrected chi connectivity index (χ3v) is 15.1. The van der Waals surface area contributed by atoms with Gasteiger partial charge in [-0.2, -0.15) is 13.2 Å². The topological polar surface area (TPSA) is 218 Å². The maximum Gasteiger partial charge on any atom is 0.433 e. The van der Waals surface area contributed by atoms with Crippen molar-refractivity contribution in [3.05, 3.63) is 192 Å². The summed E-state index contributed by atoms with van der Waals surface area (Å²) in [6, 6.07) is 38.9. The van der Waals surface area contributed by atoms with Crippen molar-refractivity contribution in [1.82, 2.24) is 43.9 Å². The zero-order valence-electron chi connectivity index (χ0n) is 44.9. The molecule has 19 nitrogen and oxygen atoms in total. The number of alkyl halides is 3. The number of hydrogen-bond acceptors (Lipinski definition) is 13. The van der Waals surface area contributed by atoms with Gasteiger partial charge in [0.25, 0.3) is 17.3 Å². The Morgan fingerprint density at radius 1 is 0.595 bits per heavy atom. The summed E-state index contributed by atoms with van der Waals surface area (Å²) in [5.41, 5.74) is 6.40. The lowest BCUT2D eigenvalue weighted by Gasteiger charge is -2.27. The maximum atomic E-state index is 13.0. The van der Waals surface area contributed by atoms with E-state index in [1.54, 1.807) is 24.3 Å². The monoisotopic (exact) mass is 1200 g/mol. The van der Waals surface area contributed by atoms with Crippen LogP contribution in [0.4, 0.5) is 30.2 Å². The number of aromatic amines is 1. The molecule has 12 rings (SSSR count). The molecule has 25 heteroatoms. The van der Waals surface area contributed by atoms with Gasteiger partial charge < -0.3 is 28.9 Å². The van der Waals surface area contributed by atoms with Crippen molar-refractivity contribution in [2.75, 3.05) is 71.0 Å². The highest BCUT2D eigenvalue weighted by Crippen LogP contribution is 2.36. The lowest BCUT2D eigenvalue weighted by Crippen LogP contribution is -2.38. The molecule has 6 aromatic carbocycles. The van der Waals surface area contributed by atoms with Crippen LogP contribution in [0.2, 0.25) is 15.1 Å². The third-order valence-electron chi connectivity index (χ3n) is 14.1. The first kappa shape index (κ1) is 58.8. The molecule has 2 aliphatic rings. The number of anilines is 1. The van der Waals surface area contributed by atoms with Gasteiger partial charge in [-0.05, 0) is 85.8 Å². The Labute approximate surface area is 492 Å². The molecule has 0 radical (unpaired) electrons. The lowest BCUT2D eigenvalue weighted by atomic mass is 10.1. The summed E-state index contributed by atoms with van der Waals surface area (Å²) >= 11 is 19.1. The smallest absolute Gasteiger partial charge is 0.379 e. The number of pyridine rings is 1. The minimum absolute atomic E-state index is 0.00110. The number of para-hydroxylation sites is 6. The first-order chi connectivity index (χ1) is 40.5. The molecule has 4 aromatic heterocycles. The number of non-ortho nitro benzene ring substituents is 2. The predicted octanol–water partition coefficient (Wildman–Crippen LogP) is 13.1. The summed E-state index contributed by atoms with van der Waals surface area (Å²) < 4.78 is 54.0. The minimum atomic E-state index is -4.59. The van der Waals surface area contributed by atoms with Gasteiger partial charge >= 0.3 is 6.18 Å². The molecule has 0 unspecified atom stereocenters. The van der Waals surface area contributed by atoms with Crippen LogP contribution in [0.5, 0.6) is 0 Å². The van der Waals surface area contributed by atoms with Crippen LogP contribution < -0.4 is 5.32 Å². The number of nitrogens with one attached hydrogen (secondary N) is 2. The zero-order valence-corrected chi connectivity index (χ0v) is 47.1. The summed E-state index contributed by atoms with van der Waals surface area (Å²) in [7, 11) is 0. The van der Waals surface area contributed by atoms with E-state index in [1.165, 1.54) is 37.3 Å². The Kier molecular flexibility index (Phi) is 18.3. The van der Waals surface area contributed by atoms with Gasteiger partial charge in [-0.25, -0.2) is 19.9 Å². The van der Waals surface area contributed by atoms with Gasteiger partial charge in [0.15, 0.2) is 0 Å². The van der Waals surface area contributed by atoms with E-state index in [9.17, 15) is 38.2 Å². The Morgan fingerprint density at radius 3 is 1.58 bits per heavy atom. The fourth-order valence-electron chi connectivity index (χ4n) is 9.77. The van der Waals surface area contributed by atoms with E-state index in [0.29, 0.717) is 74.7 Å². The summed E-state index contributed by atoms with van der Waals surface area (Å²) in [5.74, 6) is 1.26. The average Bonchev–Trinajstić information content (AvgIpc) is 4.43. The fourth-order valence-corrected chi connectivity index (χ4v) is 10.4. The normalized spacial score (nSPS) is 14.0. The number of morpholine rings is 2. The molecule has 2 N–H and O–H groups in total. The molecule has 432 valence electrons. The van der Waals surface area contributed by atoms with E-state index in [0.717, 1.165) is 104 Å². The van der Waals surface area contributed by atoms with Crippen molar-refractivity contribution in [2.45, 2.75) is 26.2 Å². The fraction of sp³-hybridized carbons (Fsp3) is 0.237. The van der Waals surface area contributed by atoms with Crippen molar-refractivity contribution in [1.29, 1.82) is 0 Å². The number of rotatable bonds is 13. The van der Waals surface area contributed by atoms with E-state index >= 15 is 0 Å². The number of nitro benzene ring substituents is 2.